The topological polar surface area (TPSA) is 75.4 Å². The molecule has 6 nitrogen and oxygen atoms in total. The zero-order valence-electron chi connectivity index (χ0n) is 16.7. The third-order valence-corrected chi connectivity index (χ3v) is 6.43. The Kier molecular flexibility index (Phi) is 6.38. The van der Waals surface area contributed by atoms with Crippen LogP contribution in [0.3, 0.4) is 0 Å². The molecule has 2 fully saturated rings. The Bertz CT molecular complexity index is 867. The maximum absolute atomic E-state index is 12.5. The molecular weight excluding hydrogens is 390 g/mol. The van der Waals surface area contributed by atoms with Crippen LogP contribution >= 0.6 is 11.6 Å². The molecule has 1 aromatic heterocycles. The second-order valence-electron chi connectivity index (χ2n) is 8.30. The highest BCUT2D eigenvalue weighted by atomic mass is 35.5. The number of aromatic nitrogens is 1. The molecule has 1 aromatic carbocycles. The van der Waals surface area contributed by atoms with E-state index in [9.17, 15) is 9.59 Å². The third-order valence-electron chi connectivity index (χ3n) is 6.20. The number of nitrogens with zero attached hydrogens (tertiary/aromatic N) is 2. The van der Waals surface area contributed by atoms with Crippen LogP contribution < -0.4 is 5.32 Å². The largest absolute Gasteiger partial charge is 0.440 e. The van der Waals surface area contributed by atoms with Gasteiger partial charge in [-0.25, -0.2) is 4.98 Å². The van der Waals surface area contributed by atoms with Crippen LogP contribution in [0.25, 0.3) is 11.1 Å². The number of benzene rings is 1. The normalized spacial score (nSPS) is 18.9. The zero-order valence-corrected chi connectivity index (χ0v) is 17.4. The third kappa shape index (κ3) is 5.10. The van der Waals surface area contributed by atoms with Crippen molar-refractivity contribution in [3.63, 3.8) is 0 Å². The lowest BCUT2D eigenvalue weighted by molar-refractivity contribution is -0.134. The van der Waals surface area contributed by atoms with Crippen LogP contribution in [0.15, 0.2) is 22.6 Å². The zero-order chi connectivity index (χ0) is 20.2. The van der Waals surface area contributed by atoms with E-state index in [4.69, 9.17) is 16.0 Å². The second kappa shape index (κ2) is 9.16. The van der Waals surface area contributed by atoms with E-state index < -0.39 is 0 Å². The van der Waals surface area contributed by atoms with E-state index in [1.165, 1.54) is 19.3 Å². The Hall–Kier alpha value is -2.08. The molecule has 1 N–H and O–H groups in total. The van der Waals surface area contributed by atoms with Gasteiger partial charge in [0.15, 0.2) is 11.5 Å². The molecule has 1 saturated heterocycles. The van der Waals surface area contributed by atoms with E-state index in [0.717, 1.165) is 42.7 Å². The van der Waals surface area contributed by atoms with Gasteiger partial charge < -0.3 is 14.6 Å². The Morgan fingerprint density at radius 3 is 2.66 bits per heavy atom. The highest BCUT2D eigenvalue weighted by Crippen LogP contribution is 2.31. The predicted octanol–water partition coefficient (Wildman–Crippen LogP) is 4.27. The van der Waals surface area contributed by atoms with Crippen LogP contribution in [-0.4, -0.2) is 41.3 Å². The van der Waals surface area contributed by atoms with Crippen molar-refractivity contribution in [2.24, 2.45) is 5.92 Å². The number of likely N-dealkylation sites (tertiary alicyclic amines) is 1. The molecule has 4 rings (SSSR count). The summed E-state index contributed by atoms with van der Waals surface area (Å²) in [5.41, 5.74) is 1.51. The molecule has 156 valence electrons. The molecule has 0 atom stereocenters. The van der Waals surface area contributed by atoms with Gasteiger partial charge in [0.05, 0.1) is 6.54 Å². The fourth-order valence-corrected chi connectivity index (χ4v) is 4.65. The van der Waals surface area contributed by atoms with Crippen molar-refractivity contribution >= 4 is 34.5 Å². The lowest BCUT2D eigenvalue weighted by Gasteiger charge is -2.30. The molecule has 7 heteroatoms. The molecule has 0 bridgehead atoms. The van der Waals surface area contributed by atoms with Gasteiger partial charge in [-0.1, -0.05) is 30.9 Å². The van der Waals surface area contributed by atoms with Crippen molar-refractivity contribution in [2.75, 3.05) is 19.6 Å². The summed E-state index contributed by atoms with van der Waals surface area (Å²) >= 11 is 6.02. The van der Waals surface area contributed by atoms with Gasteiger partial charge in [0.1, 0.15) is 5.52 Å². The van der Waals surface area contributed by atoms with Crippen molar-refractivity contribution in [1.82, 2.24) is 15.2 Å². The van der Waals surface area contributed by atoms with Gasteiger partial charge in [0.2, 0.25) is 11.8 Å². The Morgan fingerprint density at radius 1 is 1.14 bits per heavy atom. The summed E-state index contributed by atoms with van der Waals surface area (Å²) in [4.78, 5) is 31.0. The molecule has 29 heavy (non-hydrogen) atoms. The number of rotatable bonds is 5. The first-order valence-corrected chi connectivity index (χ1v) is 11.1. The van der Waals surface area contributed by atoms with Crippen LogP contribution in [0.4, 0.5) is 0 Å². The fraction of sp³-hybridized carbons (Fsp3) is 0.591. The number of oxazole rings is 1. The van der Waals surface area contributed by atoms with Crippen LogP contribution in [0, 0.1) is 5.92 Å². The van der Waals surface area contributed by atoms with Gasteiger partial charge in [-0.2, -0.15) is 0 Å². The molecule has 0 unspecified atom stereocenters. The molecule has 1 saturated carbocycles. The molecule has 2 heterocycles. The van der Waals surface area contributed by atoms with Gasteiger partial charge in [0, 0.05) is 30.5 Å². The number of carbonyl (C=O) groups is 2. The SMILES string of the molecule is O=C(CC1CCCCC1)NCC(=O)N1CCC(c2nc3cc(Cl)ccc3o2)CC1. The summed E-state index contributed by atoms with van der Waals surface area (Å²) in [5, 5.41) is 3.46. The van der Waals surface area contributed by atoms with Gasteiger partial charge >= 0.3 is 0 Å². The predicted molar refractivity (Wildman–Crippen MR) is 112 cm³/mol. The van der Waals surface area contributed by atoms with E-state index in [0.29, 0.717) is 30.5 Å². The summed E-state index contributed by atoms with van der Waals surface area (Å²) < 4.78 is 5.88. The Labute approximate surface area is 176 Å². The van der Waals surface area contributed by atoms with Crippen LogP contribution in [0.2, 0.25) is 5.02 Å². The van der Waals surface area contributed by atoms with E-state index >= 15 is 0 Å². The molecule has 2 aromatic rings. The monoisotopic (exact) mass is 417 g/mol. The van der Waals surface area contributed by atoms with Crippen LogP contribution in [-0.2, 0) is 9.59 Å². The minimum atomic E-state index is -0.00945. The molecular formula is C22H28ClN3O3. The molecule has 0 radical (unpaired) electrons. The van der Waals surface area contributed by atoms with Gasteiger partial charge in [0.25, 0.3) is 0 Å². The average molecular weight is 418 g/mol. The fourth-order valence-electron chi connectivity index (χ4n) is 4.48. The highest BCUT2D eigenvalue weighted by Gasteiger charge is 2.27. The minimum absolute atomic E-state index is 0.00488. The maximum Gasteiger partial charge on any atom is 0.241 e. The summed E-state index contributed by atoms with van der Waals surface area (Å²) in [6, 6.07) is 5.43. The number of piperidine rings is 1. The first kappa shape index (κ1) is 20.2. The summed E-state index contributed by atoms with van der Waals surface area (Å²) in [6.45, 7) is 1.40. The number of nitrogens with one attached hydrogen (secondary N) is 1. The van der Waals surface area contributed by atoms with Crippen molar-refractivity contribution in [3.05, 3.63) is 29.1 Å². The first-order valence-electron chi connectivity index (χ1n) is 10.7. The number of halogens is 1. The average Bonchev–Trinajstić information content (AvgIpc) is 3.16. The molecule has 1 aliphatic carbocycles. The number of amides is 2. The van der Waals surface area contributed by atoms with Crippen molar-refractivity contribution in [2.45, 2.75) is 57.3 Å². The van der Waals surface area contributed by atoms with E-state index in [1.807, 2.05) is 11.0 Å². The summed E-state index contributed by atoms with van der Waals surface area (Å²) in [5.74, 6) is 1.40. The summed E-state index contributed by atoms with van der Waals surface area (Å²) in [7, 11) is 0. The quantitative estimate of drug-likeness (QED) is 0.788. The van der Waals surface area contributed by atoms with Gasteiger partial charge in [-0.15, -0.1) is 0 Å². The number of hydrogen-bond acceptors (Lipinski definition) is 4. The van der Waals surface area contributed by atoms with E-state index in [2.05, 4.69) is 10.3 Å². The molecule has 2 aliphatic rings. The van der Waals surface area contributed by atoms with E-state index in [1.54, 1.807) is 12.1 Å². The lowest BCUT2D eigenvalue weighted by Crippen LogP contribution is -2.44. The number of hydrogen-bond donors (Lipinski definition) is 1. The Balaban J connectivity index is 1.23. The highest BCUT2D eigenvalue weighted by molar-refractivity contribution is 6.31. The standard InChI is InChI=1S/C22H28ClN3O3/c23-17-6-7-19-18(13-17)25-22(29-19)16-8-10-26(11-9-16)21(28)14-24-20(27)12-15-4-2-1-3-5-15/h6-7,13,15-16H,1-5,8-12,14H2,(H,24,27). The van der Waals surface area contributed by atoms with Crippen LogP contribution in [0.5, 0.6) is 0 Å². The van der Waals surface area contributed by atoms with Crippen molar-refractivity contribution < 1.29 is 14.0 Å². The van der Waals surface area contributed by atoms with Crippen LogP contribution in [0.1, 0.15) is 63.2 Å². The summed E-state index contributed by atoms with van der Waals surface area (Å²) in [6.07, 6.45) is 8.16. The number of carbonyl (C=O) groups excluding carboxylic acids is 2. The van der Waals surface area contributed by atoms with Gasteiger partial charge in [-0.3, -0.25) is 9.59 Å². The number of fused-ring (bicyclic) bond motifs is 1. The van der Waals surface area contributed by atoms with E-state index in [-0.39, 0.29) is 24.3 Å². The smallest absolute Gasteiger partial charge is 0.241 e. The first-order chi connectivity index (χ1) is 14.1. The Morgan fingerprint density at radius 2 is 1.90 bits per heavy atom. The van der Waals surface area contributed by atoms with Gasteiger partial charge in [-0.05, 0) is 49.8 Å². The minimum Gasteiger partial charge on any atom is -0.440 e. The molecule has 0 spiro atoms. The maximum atomic E-state index is 12.5. The van der Waals surface area contributed by atoms with Crippen molar-refractivity contribution in [1.29, 1.82) is 0 Å². The lowest BCUT2D eigenvalue weighted by atomic mass is 9.87. The second-order valence-corrected chi connectivity index (χ2v) is 8.74. The molecule has 2 amide bonds. The molecule has 1 aliphatic heterocycles. The van der Waals surface area contributed by atoms with Crippen molar-refractivity contribution in [3.8, 4) is 0 Å².